The van der Waals surface area contributed by atoms with E-state index in [2.05, 4.69) is 43.5 Å². The van der Waals surface area contributed by atoms with Gasteiger partial charge in [-0.05, 0) is 51.4 Å². The molecule has 0 bridgehead atoms. The Morgan fingerprint density at radius 2 is 0.711 bits per heavy atom. The minimum absolute atomic E-state index is 0.171. The third kappa shape index (κ3) is 52.1. The van der Waals surface area contributed by atoms with Gasteiger partial charge in [0, 0.05) is 6.42 Å². The number of hydrogen-bond donors (Lipinski definition) is 6. The number of aliphatic hydroxyl groups is 5. The number of hydrogen-bond acceptors (Lipinski definition) is 8. The van der Waals surface area contributed by atoms with Gasteiger partial charge in [0.2, 0.25) is 5.91 Å². The average Bonchev–Trinajstić information content (AvgIpc) is 3.60. The summed E-state index contributed by atoms with van der Waals surface area (Å²) in [5.41, 5.74) is 0. The minimum Gasteiger partial charge on any atom is -0.394 e. The molecule has 83 heavy (non-hydrogen) atoms. The van der Waals surface area contributed by atoms with Crippen LogP contribution in [0.4, 0.5) is 0 Å². The highest BCUT2D eigenvalue weighted by molar-refractivity contribution is 5.76. The second kappa shape index (κ2) is 63.4. The van der Waals surface area contributed by atoms with Crippen molar-refractivity contribution in [2.45, 2.75) is 416 Å². The summed E-state index contributed by atoms with van der Waals surface area (Å²) in [6.07, 6.45) is 78.4. The summed E-state index contributed by atoms with van der Waals surface area (Å²) >= 11 is 0. The molecule has 0 aromatic rings. The number of carbonyl (C=O) groups is 1. The second-order valence-electron chi connectivity index (χ2n) is 25.7. The van der Waals surface area contributed by atoms with E-state index in [0.29, 0.717) is 6.42 Å². The van der Waals surface area contributed by atoms with Gasteiger partial charge in [-0.2, -0.15) is 0 Å². The number of carbonyl (C=O) groups excluding carboxylic acids is 1. The molecular formula is C74H141NO8. The first-order valence-electron chi connectivity index (χ1n) is 36.7. The minimum atomic E-state index is -1.57. The van der Waals surface area contributed by atoms with Crippen molar-refractivity contribution in [2.24, 2.45) is 0 Å². The maximum absolute atomic E-state index is 13.1. The smallest absolute Gasteiger partial charge is 0.220 e. The van der Waals surface area contributed by atoms with E-state index in [1.54, 1.807) is 6.08 Å². The standard InChI is InChI=1S/C74H141NO8/c1-3-5-7-9-11-13-15-17-19-21-23-25-27-29-31-32-33-34-35-36-38-39-41-43-45-47-49-51-53-55-57-59-61-63-68(77)67(66-82-74-73(81)72(80)71(79)69(65-76)83-74)75-70(78)64-62-60-58-56-54-52-50-48-46-44-42-40-37-30-28-26-24-22-20-18-16-14-12-10-8-6-4-2/h16,18,22,24,61,63,67-69,71-74,76-77,79-81H,3-15,17,19-21,23,25-60,62,64-66H2,1-2H3,(H,75,78)/b18-16-,24-22-,63-61+. The Morgan fingerprint density at radius 1 is 0.410 bits per heavy atom. The molecule has 7 unspecified atom stereocenters. The summed E-state index contributed by atoms with van der Waals surface area (Å²) in [5.74, 6) is -0.171. The van der Waals surface area contributed by atoms with Crippen LogP contribution in [0.1, 0.15) is 373 Å². The van der Waals surface area contributed by atoms with Crippen molar-refractivity contribution in [2.75, 3.05) is 13.2 Å². The highest BCUT2D eigenvalue weighted by atomic mass is 16.7. The van der Waals surface area contributed by atoms with Gasteiger partial charge in [0.1, 0.15) is 24.4 Å². The molecule has 9 heteroatoms. The maximum Gasteiger partial charge on any atom is 0.220 e. The van der Waals surface area contributed by atoms with Crippen molar-refractivity contribution in [1.29, 1.82) is 0 Å². The van der Waals surface area contributed by atoms with Gasteiger partial charge in [-0.25, -0.2) is 0 Å². The van der Waals surface area contributed by atoms with E-state index in [1.807, 2.05) is 6.08 Å². The lowest BCUT2D eigenvalue weighted by molar-refractivity contribution is -0.302. The summed E-state index contributed by atoms with van der Waals surface area (Å²) in [5, 5.41) is 54.8. The summed E-state index contributed by atoms with van der Waals surface area (Å²) in [6.45, 7) is 3.82. The maximum atomic E-state index is 13.1. The molecule has 9 nitrogen and oxygen atoms in total. The first-order chi connectivity index (χ1) is 40.8. The molecule has 1 aliphatic heterocycles. The van der Waals surface area contributed by atoms with Gasteiger partial charge < -0.3 is 40.3 Å². The average molecular weight is 1170 g/mol. The zero-order chi connectivity index (χ0) is 60.0. The van der Waals surface area contributed by atoms with Gasteiger partial charge in [-0.1, -0.05) is 352 Å². The number of amides is 1. The molecule has 1 amide bonds. The number of ether oxygens (including phenoxy) is 2. The van der Waals surface area contributed by atoms with Crippen molar-refractivity contribution in [1.82, 2.24) is 5.32 Å². The van der Waals surface area contributed by atoms with E-state index < -0.39 is 49.5 Å². The zero-order valence-electron chi connectivity index (χ0n) is 55.0. The summed E-state index contributed by atoms with van der Waals surface area (Å²) in [7, 11) is 0. The van der Waals surface area contributed by atoms with Crippen LogP contribution >= 0.6 is 0 Å². The highest BCUT2D eigenvalue weighted by Gasteiger charge is 2.44. The van der Waals surface area contributed by atoms with Crippen LogP contribution in [0.25, 0.3) is 0 Å². The van der Waals surface area contributed by atoms with Crippen LogP contribution < -0.4 is 5.32 Å². The van der Waals surface area contributed by atoms with Gasteiger partial charge in [-0.15, -0.1) is 0 Å². The Hall–Kier alpha value is -1.59. The van der Waals surface area contributed by atoms with Gasteiger partial charge in [0.05, 0.1) is 25.4 Å². The monoisotopic (exact) mass is 1170 g/mol. The lowest BCUT2D eigenvalue weighted by Crippen LogP contribution is -2.60. The van der Waals surface area contributed by atoms with Crippen molar-refractivity contribution in [3.05, 3.63) is 36.5 Å². The molecule has 1 fully saturated rings. The Balaban J connectivity index is 2.10. The van der Waals surface area contributed by atoms with Crippen LogP contribution in [0.15, 0.2) is 36.5 Å². The van der Waals surface area contributed by atoms with Crippen LogP contribution in [0.5, 0.6) is 0 Å². The van der Waals surface area contributed by atoms with Gasteiger partial charge in [-0.3, -0.25) is 4.79 Å². The van der Waals surface area contributed by atoms with E-state index >= 15 is 0 Å². The fourth-order valence-electron chi connectivity index (χ4n) is 12.0. The lowest BCUT2D eigenvalue weighted by Gasteiger charge is -2.40. The molecule has 1 heterocycles. The van der Waals surface area contributed by atoms with E-state index in [4.69, 9.17) is 9.47 Å². The third-order valence-corrected chi connectivity index (χ3v) is 17.7. The molecule has 1 aliphatic rings. The molecule has 1 saturated heterocycles. The van der Waals surface area contributed by atoms with Gasteiger partial charge in [0.15, 0.2) is 6.29 Å². The predicted molar refractivity (Wildman–Crippen MR) is 355 cm³/mol. The number of allylic oxidation sites excluding steroid dienone is 5. The molecule has 490 valence electrons. The Morgan fingerprint density at radius 3 is 1.04 bits per heavy atom. The van der Waals surface area contributed by atoms with Gasteiger partial charge in [0.25, 0.3) is 0 Å². The van der Waals surface area contributed by atoms with Crippen LogP contribution in [0.3, 0.4) is 0 Å². The van der Waals surface area contributed by atoms with Crippen LogP contribution in [-0.2, 0) is 14.3 Å². The summed E-state index contributed by atoms with van der Waals surface area (Å²) in [6, 6.07) is -0.806. The topological polar surface area (TPSA) is 149 Å². The van der Waals surface area contributed by atoms with E-state index in [1.165, 1.54) is 308 Å². The normalized spacial score (nSPS) is 18.4. The second-order valence-corrected chi connectivity index (χ2v) is 25.7. The molecule has 1 rings (SSSR count). The van der Waals surface area contributed by atoms with E-state index in [9.17, 15) is 30.3 Å². The summed E-state index contributed by atoms with van der Waals surface area (Å²) in [4.78, 5) is 13.1. The first kappa shape index (κ1) is 79.4. The summed E-state index contributed by atoms with van der Waals surface area (Å²) < 4.78 is 11.3. The molecule has 0 radical (unpaired) electrons. The Labute approximate surface area is 514 Å². The number of aliphatic hydroxyl groups excluding tert-OH is 5. The van der Waals surface area contributed by atoms with E-state index in [-0.39, 0.29) is 12.5 Å². The first-order valence-corrected chi connectivity index (χ1v) is 36.7. The van der Waals surface area contributed by atoms with Crippen molar-refractivity contribution in [3.63, 3.8) is 0 Å². The van der Waals surface area contributed by atoms with Gasteiger partial charge >= 0.3 is 0 Å². The molecule has 0 spiro atoms. The predicted octanol–water partition coefficient (Wildman–Crippen LogP) is 20.2. The molecule has 0 aromatic heterocycles. The third-order valence-electron chi connectivity index (χ3n) is 17.7. The van der Waals surface area contributed by atoms with Crippen molar-refractivity contribution < 1.29 is 39.8 Å². The number of nitrogens with one attached hydrogen (secondary N) is 1. The highest BCUT2D eigenvalue weighted by Crippen LogP contribution is 2.24. The van der Waals surface area contributed by atoms with Crippen LogP contribution in [0, 0.1) is 0 Å². The fourth-order valence-corrected chi connectivity index (χ4v) is 12.0. The Bertz CT molecular complexity index is 1410. The largest absolute Gasteiger partial charge is 0.394 e. The molecule has 6 N–H and O–H groups in total. The molecule has 0 aliphatic carbocycles. The number of rotatable bonds is 65. The SMILES string of the molecule is CCCCCCC/C=C\C/C=C\CCCCCCCCCCCCCCCCCC(=O)NC(COC1OC(CO)C(O)C(O)C1O)C(O)/C=C/CCCCCCCCCCCCCCCCCCCCCCCCCCCCCCCCC. The molecule has 0 aromatic carbocycles. The Kier molecular flexibility index (Phi) is 60.7. The molecule has 0 saturated carbocycles. The number of unbranched alkanes of at least 4 members (excludes halogenated alkanes) is 51. The van der Waals surface area contributed by atoms with E-state index in [0.717, 1.165) is 44.9 Å². The quantitative estimate of drug-likeness (QED) is 0.0261. The van der Waals surface area contributed by atoms with Crippen LogP contribution in [-0.4, -0.2) is 87.5 Å². The molecular weight excluding hydrogens is 1030 g/mol. The van der Waals surface area contributed by atoms with Crippen molar-refractivity contribution >= 4 is 5.91 Å². The zero-order valence-corrected chi connectivity index (χ0v) is 55.0. The molecule has 7 atom stereocenters. The van der Waals surface area contributed by atoms with Crippen molar-refractivity contribution in [3.8, 4) is 0 Å². The fraction of sp³-hybridized carbons (Fsp3) is 0.905. The lowest BCUT2D eigenvalue weighted by atomic mass is 9.99. The van der Waals surface area contributed by atoms with Crippen LogP contribution in [0.2, 0.25) is 0 Å².